The highest BCUT2D eigenvalue weighted by atomic mass is 16.1. The van der Waals surface area contributed by atoms with Crippen molar-refractivity contribution < 1.29 is 4.79 Å². The lowest BCUT2D eigenvalue weighted by atomic mass is 10.0. The first-order valence-corrected chi connectivity index (χ1v) is 5.24. The SMILES string of the molecule is Cc1ccc(C(N)=O)c(NC(C)(C)CN)c1. The standard InChI is InChI=1S/C12H19N3O/c1-8-4-5-9(11(14)16)10(6-8)15-12(2,3)7-13/h4-6,15H,7,13H2,1-3H3,(H2,14,16). The van der Waals surface area contributed by atoms with Crippen molar-refractivity contribution in [2.75, 3.05) is 11.9 Å². The number of nitrogens with two attached hydrogens (primary N) is 2. The second kappa shape index (κ2) is 4.53. The number of carbonyl (C=O) groups excluding carboxylic acids is 1. The van der Waals surface area contributed by atoms with Gasteiger partial charge < -0.3 is 16.8 Å². The van der Waals surface area contributed by atoms with Crippen molar-refractivity contribution >= 4 is 11.6 Å². The van der Waals surface area contributed by atoms with E-state index < -0.39 is 5.91 Å². The summed E-state index contributed by atoms with van der Waals surface area (Å²) in [6, 6.07) is 5.49. The third-order valence-electron chi connectivity index (χ3n) is 2.42. The Kier molecular flexibility index (Phi) is 3.55. The van der Waals surface area contributed by atoms with Crippen LogP contribution in [0.5, 0.6) is 0 Å². The fourth-order valence-electron chi connectivity index (χ4n) is 1.39. The molecule has 4 heteroatoms. The second-order valence-corrected chi connectivity index (χ2v) is 4.63. The Hall–Kier alpha value is -1.55. The fraction of sp³-hybridized carbons (Fsp3) is 0.417. The van der Waals surface area contributed by atoms with E-state index in [1.165, 1.54) is 0 Å². The predicted octanol–water partition coefficient (Wildman–Crippen LogP) is 1.24. The van der Waals surface area contributed by atoms with Gasteiger partial charge in [0.2, 0.25) is 0 Å². The van der Waals surface area contributed by atoms with E-state index in [4.69, 9.17) is 11.5 Å². The van der Waals surface area contributed by atoms with Crippen LogP contribution in [0.3, 0.4) is 0 Å². The quantitative estimate of drug-likeness (QED) is 0.715. The van der Waals surface area contributed by atoms with Crippen LogP contribution in [-0.2, 0) is 0 Å². The molecule has 4 nitrogen and oxygen atoms in total. The zero-order valence-corrected chi connectivity index (χ0v) is 10.0. The number of benzene rings is 1. The van der Waals surface area contributed by atoms with E-state index in [9.17, 15) is 4.79 Å². The Morgan fingerprint density at radius 2 is 2.06 bits per heavy atom. The second-order valence-electron chi connectivity index (χ2n) is 4.63. The number of hydrogen-bond acceptors (Lipinski definition) is 3. The summed E-state index contributed by atoms with van der Waals surface area (Å²) in [4.78, 5) is 11.3. The maximum Gasteiger partial charge on any atom is 0.250 e. The van der Waals surface area contributed by atoms with Crippen molar-refractivity contribution in [3.05, 3.63) is 29.3 Å². The lowest BCUT2D eigenvalue weighted by molar-refractivity contribution is 0.100. The van der Waals surface area contributed by atoms with Crippen LogP contribution in [0.2, 0.25) is 0 Å². The summed E-state index contributed by atoms with van der Waals surface area (Å²) in [6.45, 7) is 6.38. The molecule has 0 aromatic heterocycles. The molecule has 1 aromatic carbocycles. The van der Waals surface area contributed by atoms with Gasteiger partial charge in [-0.1, -0.05) is 6.07 Å². The van der Waals surface area contributed by atoms with Gasteiger partial charge in [-0.2, -0.15) is 0 Å². The summed E-state index contributed by atoms with van der Waals surface area (Å²) < 4.78 is 0. The molecule has 1 aromatic rings. The lowest BCUT2D eigenvalue weighted by Gasteiger charge is -2.27. The van der Waals surface area contributed by atoms with Crippen molar-refractivity contribution in [3.63, 3.8) is 0 Å². The van der Waals surface area contributed by atoms with Crippen LogP contribution in [0.4, 0.5) is 5.69 Å². The van der Waals surface area contributed by atoms with Crippen molar-refractivity contribution in [2.24, 2.45) is 11.5 Å². The minimum atomic E-state index is -0.435. The lowest BCUT2D eigenvalue weighted by Crippen LogP contribution is -2.39. The van der Waals surface area contributed by atoms with Gasteiger partial charge in [-0.25, -0.2) is 0 Å². The van der Waals surface area contributed by atoms with Crippen LogP contribution in [0, 0.1) is 6.92 Å². The molecule has 0 saturated heterocycles. The minimum absolute atomic E-state index is 0.266. The average molecular weight is 221 g/mol. The first-order valence-electron chi connectivity index (χ1n) is 5.24. The maximum atomic E-state index is 11.3. The Balaban J connectivity index is 3.10. The Bertz CT molecular complexity index is 399. The van der Waals surface area contributed by atoms with Crippen molar-refractivity contribution in [1.82, 2.24) is 0 Å². The third kappa shape index (κ3) is 2.97. The molecule has 0 aliphatic rings. The first kappa shape index (κ1) is 12.5. The minimum Gasteiger partial charge on any atom is -0.378 e. The van der Waals surface area contributed by atoms with E-state index in [1.807, 2.05) is 32.9 Å². The van der Waals surface area contributed by atoms with E-state index >= 15 is 0 Å². The van der Waals surface area contributed by atoms with Gasteiger partial charge in [0.25, 0.3) is 5.91 Å². The third-order valence-corrected chi connectivity index (χ3v) is 2.42. The molecule has 88 valence electrons. The van der Waals surface area contributed by atoms with Gasteiger partial charge in [0.05, 0.1) is 5.56 Å². The number of anilines is 1. The molecular formula is C12H19N3O. The maximum absolute atomic E-state index is 11.3. The normalized spacial score (nSPS) is 11.2. The molecule has 5 N–H and O–H groups in total. The van der Waals surface area contributed by atoms with Gasteiger partial charge in [-0.05, 0) is 38.5 Å². The summed E-state index contributed by atoms with van der Waals surface area (Å²) in [7, 11) is 0. The molecule has 1 rings (SSSR count). The number of aryl methyl sites for hydroxylation is 1. The number of rotatable bonds is 4. The van der Waals surface area contributed by atoms with Gasteiger partial charge in [-0.15, -0.1) is 0 Å². The highest BCUT2D eigenvalue weighted by molar-refractivity contribution is 5.98. The van der Waals surface area contributed by atoms with E-state index in [2.05, 4.69) is 5.32 Å². The Labute approximate surface area is 96.0 Å². The van der Waals surface area contributed by atoms with Crippen molar-refractivity contribution in [3.8, 4) is 0 Å². The highest BCUT2D eigenvalue weighted by Crippen LogP contribution is 2.21. The Morgan fingerprint density at radius 1 is 1.44 bits per heavy atom. The number of hydrogen-bond donors (Lipinski definition) is 3. The zero-order valence-electron chi connectivity index (χ0n) is 10.0. The van der Waals surface area contributed by atoms with Crippen LogP contribution in [0.15, 0.2) is 18.2 Å². The van der Waals surface area contributed by atoms with Gasteiger partial charge >= 0.3 is 0 Å². The van der Waals surface area contributed by atoms with Crippen LogP contribution >= 0.6 is 0 Å². The van der Waals surface area contributed by atoms with Gasteiger partial charge in [0, 0.05) is 17.8 Å². The molecule has 0 aliphatic heterocycles. The number of amides is 1. The molecule has 0 spiro atoms. The zero-order chi connectivity index (χ0) is 12.3. The van der Waals surface area contributed by atoms with Crippen molar-refractivity contribution in [2.45, 2.75) is 26.3 Å². The van der Waals surface area contributed by atoms with E-state index in [-0.39, 0.29) is 5.54 Å². The van der Waals surface area contributed by atoms with Crippen LogP contribution in [0.1, 0.15) is 29.8 Å². The van der Waals surface area contributed by atoms with E-state index in [1.54, 1.807) is 6.07 Å². The number of nitrogens with one attached hydrogen (secondary N) is 1. The van der Waals surface area contributed by atoms with Gasteiger partial charge in [0.15, 0.2) is 0 Å². The van der Waals surface area contributed by atoms with E-state index in [0.29, 0.717) is 12.1 Å². The molecule has 0 saturated carbocycles. The molecule has 0 aliphatic carbocycles. The number of primary amides is 1. The summed E-state index contributed by atoms with van der Waals surface area (Å²) in [6.07, 6.45) is 0. The fourth-order valence-corrected chi connectivity index (χ4v) is 1.39. The van der Waals surface area contributed by atoms with Crippen LogP contribution in [0.25, 0.3) is 0 Å². The molecular weight excluding hydrogens is 202 g/mol. The molecule has 16 heavy (non-hydrogen) atoms. The average Bonchev–Trinajstić information content (AvgIpc) is 2.16. The monoisotopic (exact) mass is 221 g/mol. The summed E-state index contributed by atoms with van der Waals surface area (Å²) >= 11 is 0. The van der Waals surface area contributed by atoms with Crippen LogP contribution in [-0.4, -0.2) is 18.0 Å². The van der Waals surface area contributed by atoms with Crippen LogP contribution < -0.4 is 16.8 Å². The molecule has 0 radical (unpaired) electrons. The molecule has 0 heterocycles. The van der Waals surface area contributed by atoms with E-state index in [0.717, 1.165) is 11.3 Å². The Morgan fingerprint density at radius 3 is 2.56 bits per heavy atom. The first-order chi connectivity index (χ1) is 7.35. The predicted molar refractivity (Wildman–Crippen MR) is 66.5 cm³/mol. The van der Waals surface area contributed by atoms with Gasteiger partial charge in [-0.3, -0.25) is 4.79 Å². The molecule has 0 fully saturated rings. The summed E-state index contributed by atoms with van der Waals surface area (Å²) in [5.74, 6) is -0.435. The summed E-state index contributed by atoms with van der Waals surface area (Å²) in [5, 5.41) is 3.23. The van der Waals surface area contributed by atoms with Crippen molar-refractivity contribution in [1.29, 1.82) is 0 Å². The molecule has 1 amide bonds. The molecule has 0 atom stereocenters. The summed E-state index contributed by atoms with van der Waals surface area (Å²) in [5.41, 5.74) is 13.0. The number of carbonyl (C=O) groups is 1. The highest BCUT2D eigenvalue weighted by Gasteiger charge is 2.18. The smallest absolute Gasteiger partial charge is 0.250 e. The largest absolute Gasteiger partial charge is 0.378 e. The topological polar surface area (TPSA) is 81.1 Å². The molecule has 0 bridgehead atoms. The molecule has 0 unspecified atom stereocenters. The van der Waals surface area contributed by atoms with Gasteiger partial charge in [0.1, 0.15) is 0 Å².